The van der Waals surface area contributed by atoms with Crippen molar-refractivity contribution in [2.75, 3.05) is 13.7 Å². The van der Waals surface area contributed by atoms with Gasteiger partial charge in [-0.2, -0.15) is 0 Å². The van der Waals surface area contributed by atoms with Crippen LogP contribution < -0.4 is 10.6 Å². The highest BCUT2D eigenvalue weighted by Gasteiger charge is 2.48. The molecule has 1 unspecified atom stereocenters. The Morgan fingerprint density at radius 2 is 2.08 bits per heavy atom. The molecule has 1 aliphatic rings. The van der Waals surface area contributed by atoms with E-state index < -0.39 is 11.6 Å². The summed E-state index contributed by atoms with van der Waals surface area (Å²) in [7, 11) is 1.50. The van der Waals surface area contributed by atoms with Crippen molar-refractivity contribution in [1.29, 1.82) is 0 Å². The van der Waals surface area contributed by atoms with Gasteiger partial charge in [0, 0.05) is 7.11 Å². The lowest BCUT2D eigenvalue weighted by Gasteiger charge is -2.28. The van der Waals surface area contributed by atoms with Crippen LogP contribution in [0.25, 0.3) is 0 Å². The van der Waals surface area contributed by atoms with Gasteiger partial charge in [-0.15, -0.1) is 0 Å². The van der Waals surface area contributed by atoms with E-state index in [9.17, 15) is 9.59 Å². The molecule has 0 saturated carbocycles. The Kier molecular flexibility index (Phi) is 2.56. The lowest BCUT2D eigenvalue weighted by atomic mass is 9.87. The van der Waals surface area contributed by atoms with Crippen LogP contribution in [0.3, 0.4) is 0 Å². The predicted octanol–water partition coefficient (Wildman–Crippen LogP) is -0.133. The predicted molar refractivity (Wildman–Crippen MR) is 46.1 cm³/mol. The van der Waals surface area contributed by atoms with E-state index in [2.05, 4.69) is 10.6 Å². The van der Waals surface area contributed by atoms with Gasteiger partial charge in [-0.1, -0.05) is 13.8 Å². The highest BCUT2D eigenvalue weighted by Crippen LogP contribution is 2.21. The Morgan fingerprint density at radius 3 is 2.38 bits per heavy atom. The lowest BCUT2D eigenvalue weighted by Crippen LogP contribution is -2.54. The van der Waals surface area contributed by atoms with E-state index in [1.165, 1.54) is 7.11 Å². The zero-order valence-corrected chi connectivity index (χ0v) is 8.01. The van der Waals surface area contributed by atoms with Crippen LogP contribution in [0.15, 0.2) is 0 Å². The van der Waals surface area contributed by atoms with Crippen LogP contribution in [0, 0.1) is 5.92 Å². The number of ether oxygens (including phenoxy) is 1. The maximum atomic E-state index is 11.5. The summed E-state index contributed by atoms with van der Waals surface area (Å²) in [6.07, 6.45) is 0. The smallest absolute Gasteiger partial charge is 0.322 e. The minimum Gasteiger partial charge on any atom is -0.382 e. The first-order valence-corrected chi connectivity index (χ1v) is 4.15. The van der Waals surface area contributed by atoms with Crippen molar-refractivity contribution in [1.82, 2.24) is 10.6 Å². The summed E-state index contributed by atoms with van der Waals surface area (Å²) in [5.41, 5.74) is -0.897. The van der Waals surface area contributed by atoms with Crippen molar-refractivity contribution in [3.8, 4) is 0 Å². The van der Waals surface area contributed by atoms with E-state index in [0.29, 0.717) is 0 Å². The zero-order valence-electron chi connectivity index (χ0n) is 8.01. The molecule has 0 spiro atoms. The Morgan fingerprint density at radius 1 is 1.46 bits per heavy atom. The number of rotatable bonds is 3. The number of hydrogen-bond donors (Lipinski definition) is 2. The molecule has 1 fully saturated rings. The quantitative estimate of drug-likeness (QED) is 0.603. The standard InChI is InChI=1S/C8H14N2O3/c1-5(2)8(4-13-3)6(11)9-7(12)10-8/h5H,4H2,1-3H3,(H2,9,10,11,12). The summed E-state index contributed by atoms with van der Waals surface area (Å²) in [4.78, 5) is 22.4. The van der Waals surface area contributed by atoms with E-state index in [1.807, 2.05) is 13.8 Å². The molecule has 1 saturated heterocycles. The van der Waals surface area contributed by atoms with Crippen LogP contribution in [-0.2, 0) is 9.53 Å². The average Bonchev–Trinajstić information content (AvgIpc) is 2.28. The molecule has 1 atom stereocenters. The van der Waals surface area contributed by atoms with Crippen LogP contribution >= 0.6 is 0 Å². The molecule has 5 heteroatoms. The first-order valence-electron chi connectivity index (χ1n) is 4.15. The number of carbonyl (C=O) groups is 2. The highest BCUT2D eigenvalue weighted by molar-refractivity contribution is 6.07. The molecule has 0 aromatic heterocycles. The Labute approximate surface area is 76.8 Å². The molecule has 1 rings (SSSR count). The molecule has 0 radical (unpaired) electrons. The summed E-state index contributed by atoms with van der Waals surface area (Å²) in [5, 5.41) is 4.80. The van der Waals surface area contributed by atoms with Gasteiger partial charge >= 0.3 is 6.03 Å². The van der Waals surface area contributed by atoms with Gasteiger partial charge in [0.25, 0.3) is 5.91 Å². The second-order valence-corrected chi connectivity index (χ2v) is 3.47. The Bertz CT molecular complexity index is 240. The highest BCUT2D eigenvalue weighted by atomic mass is 16.5. The summed E-state index contributed by atoms with van der Waals surface area (Å²) < 4.78 is 4.93. The molecule has 3 amide bonds. The number of carbonyl (C=O) groups excluding carboxylic acids is 2. The third-order valence-electron chi connectivity index (χ3n) is 2.33. The van der Waals surface area contributed by atoms with E-state index in [4.69, 9.17) is 4.74 Å². The number of imide groups is 1. The normalized spacial score (nSPS) is 27.7. The molecule has 74 valence electrons. The molecule has 1 aliphatic heterocycles. The van der Waals surface area contributed by atoms with Crippen molar-refractivity contribution >= 4 is 11.9 Å². The first-order chi connectivity index (χ1) is 6.03. The fourth-order valence-corrected chi connectivity index (χ4v) is 1.41. The SMILES string of the molecule is COCC1(C(C)C)NC(=O)NC1=O. The van der Waals surface area contributed by atoms with Crippen LogP contribution in [-0.4, -0.2) is 31.2 Å². The van der Waals surface area contributed by atoms with Gasteiger partial charge in [0.1, 0.15) is 5.54 Å². The molecule has 1 heterocycles. The average molecular weight is 186 g/mol. The minimum absolute atomic E-state index is 0.00102. The van der Waals surface area contributed by atoms with Crippen LogP contribution in [0.2, 0.25) is 0 Å². The number of methoxy groups -OCH3 is 1. The number of urea groups is 1. The fourth-order valence-electron chi connectivity index (χ4n) is 1.41. The van der Waals surface area contributed by atoms with Gasteiger partial charge in [-0.25, -0.2) is 4.79 Å². The third kappa shape index (κ3) is 1.51. The van der Waals surface area contributed by atoms with Gasteiger partial charge in [0.15, 0.2) is 0 Å². The summed E-state index contributed by atoms with van der Waals surface area (Å²) >= 11 is 0. The van der Waals surface area contributed by atoms with Crippen molar-refractivity contribution in [2.24, 2.45) is 5.92 Å². The van der Waals surface area contributed by atoms with E-state index >= 15 is 0 Å². The summed E-state index contributed by atoms with van der Waals surface area (Å²) in [5.74, 6) is -0.312. The topological polar surface area (TPSA) is 67.4 Å². The van der Waals surface area contributed by atoms with E-state index in [1.54, 1.807) is 0 Å². The van der Waals surface area contributed by atoms with Crippen molar-refractivity contribution < 1.29 is 14.3 Å². The Balaban J connectivity index is 2.90. The van der Waals surface area contributed by atoms with Crippen LogP contribution in [0.4, 0.5) is 4.79 Å². The second kappa shape index (κ2) is 3.33. The van der Waals surface area contributed by atoms with Gasteiger partial charge in [-0.05, 0) is 5.92 Å². The Hall–Kier alpha value is -1.10. The molecule has 13 heavy (non-hydrogen) atoms. The fraction of sp³-hybridized carbons (Fsp3) is 0.750. The zero-order chi connectivity index (χ0) is 10.1. The molecule has 0 aromatic rings. The monoisotopic (exact) mass is 186 g/mol. The number of hydrogen-bond acceptors (Lipinski definition) is 3. The van der Waals surface area contributed by atoms with Crippen LogP contribution in [0.1, 0.15) is 13.8 Å². The van der Waals surface area contributed by atoms with Crippen molar-refractivity contribution in [3.05, 3.63) is 0 Å². The van der Waals surface area contributed by atoms with E-state index in [-0.39, 0.29) is 18.4 Å². The van der Waals surface area contributed by atoms with Crippen molar-refractivity contribution in [3.63, 3.8) is 0 Å². The molecule has 2 N–H and O–H groups in total. The molecule has 0 aliphatic carbocycles. The van der Waals surface area contributed by atoms with Gasteiger partial charge < -0.3 is 10.1 Å². The lowest BCUT2D eigenvalue weighted by molar-refractivity contribution is -0.127. The molecule has 5 nitrogen and oxygen atoms in total. The summed E-state index contributed by atoms with van der Waals surface area (Å²) in [6, 6.07) is -0.448. The molecule has 0 aromatic carbocycles. The minimum atomic E-state index is -0.897. The molecular weight excluding hydrogens is 172 g/mol. The third-order valence-corrected chi connectivity index (χ3v) is 2.33. The molecule has 0 bridgehead atoms. The maximum absolute atomic E-state index is 11.5. The van der Waals surface area contributed by atoms with E-state index in [0.717, 1.165) is 0 Å². The first kappa shape index (κ1) is 9.98. The molecular formula is C8H14N2O3. The van der Waals surface area contributed by atoms with Crippen LogP contribution in [0.5, 0.6) is 0 Å². The second-order valence-electron chi connectivity index (χ2n) is 3.47. The van der Waals surface area contributed by atoms with Crippen molar-refractivity contribution in [2.45, 2.75) is 19.4 Å². The maximum Gasteiger partial charge on any atom is 0.322 e. The number of amides is 3. The largest absolute Gasteiger partial charge is 0.382 e. The van der Waals surface area contributed by atoms with Gasteiger partial charge in [0.2, 0.25) is 0 Å². The number of nitrogens with one attached hydrogen (secondary N) is 2. The van der Waals surface area contributed by atoms with Gasteiger partial charge in [0.05, 0.1) is 6.61 Å². The summed E-state index contributed by atoms with van der Waals surface area (Å²) in [6.45, 7) is 3.93. The van der Waals surface area contributed by atoms with Gasteiger partial charge in [-0.3, -0.25) is 10.1 Å².